The second-order valence-corrected chi connectivity index (χ2v) is 5.83. The first kappa shape index (κ1) is 12.5. The molecule has 1 N–H and O–H groups in total. The van der Waals surface area contributed by atoms with Gasteiger partial charge in [0.05, 0.1) is 11.0 Å². The van der Waals surface area contributed by atoms with Crippen molar-refractivity contribution >= 4 is 16.7 Å². The lowest BCUT2D eigenvalue weighted by molar-refractivity contribution is 0.748. The molecule has 0 saturated heterocycles. The molecule has 0 radical (unpaired) electrons. The van der Waals surface area contributed by atoms with Crippen LogP contribution in [-0.4, -0.2) is 23.6 Å². The lowest BCUT2D eigenvalue weighted by Crippen LogP contribution is -2.24. The number of aromatic nitrogens is 2. The van der Waals surface area contributed by atoms with E-state index in [-0.39, 0.29) is 0 Å². The van der Waals surface area contributed by atoms with E-state index in [9.17, 15) is 0 Å². The summed E-state index contributed by atoms with van der Waals surface area (Å²) in [5.41, 5.74) is 6.35. The molecule has 0 unspecified atom stereocenters. The van der Waals surface area contributed by atoms with Crippen molar-refractivity contribution in [1.29, 1.82) is 0 Å². The van der Waals surface area contributed by atoms with Gasteiger partial charge in [-0.2, -0.15) is 0 Å². The van der Waals surface area contributed by atoms with E-state index in [1.807, 2.05) is 6.07 Å². The molecule has 1 aliphatic rings. The van der Waals surface area contributed by atoms with Crippen molar-refractivity contribution in [3.8, 4) is 0 Å². The van der Waals surface area contributed by atoms with Gasteiger partial charge in [0.15, 0.2) is 0 Å². The Hall–Kier alpha value is -2.29. The van der Waals surface area contributed by atoms with E-state index in [0.717, 1.165) is 36.2 Å². The van der Waals surface area contributed by atoms with Crippen molar-refractivity contribution in [1.82, 2.24) is 9.97 Å². The molecule has 3 aromatic rings. The van der Waals surface area contributed by atoms with Crippen LogP contribution in [0.25, 0.3) is 11.0 Å². The minimum Gasteiger partial charge on any atom is -0.374 e. The highest BCUT2D eigenvalue weighted by Crippen LogP contribution is 2.31. The SMILES string of the molecule is CN1CCCc2c1ccc1[nH]c(Cc3ccccc3)nc21. The standard InChI is InChI=1S/C18H19N3/c1-21-11-5-8-14-16(21)10-9-15-18(14)20-17(19-15)12-13-6-3-2-4-7-13/h2-4,6-7,9-10H,5,8,11-12H2,1H3,(H,19,20). The molecule has 4 rings (SSSR count). The molecule has 2 aromatic carbocycles. The number of hydrogen-bond donors (Lipinski definition) is 1. The largest absolute Gasteiger partial charge is 0.374 e. The second kappa shape index (κ2) is 4.92. The number of hydrogen-bond acceptors (Lipinski definition) is 2. The minimum atomic E-state index is 0.861. The molecule has 0 amide bonds. The fourth-order valence-corrected chi connectivity index (χ4v) is 3.26. The van der Waals surface area contributed by atoms with Crippen LogP contribution in [0.15, 0.2) is 42.5 Å². The first-order chi connectivity index (χ1) is 10.3. The van der Waals surface area contributed by atoms with Gasteiger partial charge in [0, 0.05) is 31.3 Å². The predicted molar refractivity (Wildman–Crippen MR) is 86.9 cm³/mol. The average Bonchev–Trinajstić information content (AvgIpc) is 2.91. The maximum atomic E-state index is 4.87. The zero-order valence-electron chi connectivity index (χ0n) is 12.3. The molecule has 0 spiro atoms. The molecule has 0 aliphatic carbocycles. The van der Waals surface area contributed by atoms with Crippen molar-refractivity contribution in [2.45, 2.75) is 19.3 Å². The highest BCUT2D eigenvalue weighted by Gasteiger charge is 2.18. The monoisotopic (exact) mass is 277 g/mol. The van der Waals surface area contributed by atoms with E-state index in [1.165, 1.54) is 23.2 Å². The van der Waals surface area contributed by atoms with Crippen LogP contribution in [-0.2, 0) is 12.8 Å². The molecule has 2 heterocycles. The highest BCUT2D eigenvalue weighted by molar-refractivity contribution is 5.85. The quantitative estimate of drug-likeness (QED) is 0.777. The molecule has 3 nitrogen and oxygen atoms in total. The van der Waals surface area contributed by atoms with Crippen LogP contribution >= 0.6 is 0 Å². The van der Waals surface area contributed by atoms with Gasteiger partial charge in [-0.05, 0) is 30.5 Å². The summed E-state index contributed by atoms with van der Waals surface area (Å²) in [4.78, 5) is 10.7. The first-order valence-electron chi connectivity index (χ1n) is 7.57. The Bertz CT molecular complexity index is 774. The van der Waals surface area contributed by atoms with Crippen LogP contribution in [0.4, 0.5) is 5.69 Å². The van der Waals surface area contributed by atoms with Crippen LogP contribution in [0, 0.1) is 0 Å². The van der Waals surface area contributed by atoms with Gasteiger partial charge >= 0.3 is 0 Å². The summed E-state index contributed by atoms with van der Waals surface area (Å²) in [6.07, 6.45) is 3.20. The van der Waals surface area contributed by atoms with Crippen molar-refractivity contribution < 1.29 is 0 Å². The highest BCUT2D eigenvalue weighted by atomic mass is 15.1. The van der Waals surface area contributed by atoms with Crippen molar-refractivity contribution in [3.63, 3.8) is 0 Å². The van der Waals surface area contributed by atoms with Crippen molar-refractivity contribution in [2.75, 3.05) is 18.5 Å². The molecule has 1 aromatic heterocycles. The summed E-state index contributed by atoms with van der Waals surface area (Å²) in [5.74, 6) is 1.05. The molecule has 3 heteroatoms. The topological polar surface area (TPSA) is 31.9 Å². The number of aryl methyl sites for hydroxylation is 1. The maximum Gasteiger partial charge on any atom is 0.111 e. The fraction of sp³-hybridized carbons (Fsp3) is 0.278. The van der Waals surface area contributed by atoms with Crippen LogP contribution in [0.5, 0.6) is 0 Å². The first-order valence-corrected chi connectivity index (χ1v) is 7.57. The van der Waals surface area contributed by atoms with Crippen LogP contribution in [0.2, 0.25) is 0 Å². The predicted octanol–water partition coefficient (Wildman–Crippen LogP) is 3.54. The Morgan fingerprint density at radius 1 is 1.14 bits per heavy atom. The third-order valence-electron chi connectivity index (χ3n) is 4.33. The Balaban J connectivity index is 1.76. The zero-order valence-corrected chi connectivity index (χ0v) is 12.3. The Kier molecular flexibility index (Phi) is 2.92. The van der Waals surface area contributed by atoms with Gasteiger partial charge in [0.1, 0.15) is 5.82 Å². The number of nitrogens with one attached hydrogen (secondary N) is 1. The molecule has 106 valence electrons. The summed E-state index contributed by atoms with van der Waals surface area (Å²) in [5, 5.41) is 0. The average molecular weight is 277 g/mol. The lowest BCUT2D eigenvalue weighted by Gasteiger charge is -2.27. The number of nitrogens with zero attached hydrogens (tertiary/aromatic N) is 2. The molecular weight excluding hydrogens is 258 g/mol. The second-order valence-electron chi connectivity index (χ2n) is 5.83. The smallest absolute Gasteiger partial charge is 0.111 e. The number of fused-ring (bicyclic) bond motifs is 3. The third-order valence-corrected chi connectivity index (χ3v) is 4.33. The molecule has 0 bridgehead atoms. The van der Waals surface area contributed by atoms with Gasteiger partial charge in [0.25, 0.3) is 0 Å². The van der Waals surface area contributed by atoms with Gasteiger partial charge in [-0.25, -0.2) is 4.98 Å². The third kappa shape index (κ3) is 2.19. The van der Waals surface area contributed by atoms with Gasteiger partial charge in [0.2, 0.25) is 0 Å². The molecular formula is C18H19N3. The molecule has 0 fully saturated rings. The number of anilines is 1. The number of benzene rings is 2. The van der Waals surface area contributed by atoms with Gasteiger partial charge < -0.3 is 9.88 Å². The maximum absolute atomic E-state index is 4.87. The van der Waals surface area contributed by atoms with E-state index in [2.05, 4.69) is 53.3 Å². The molecule has 0 saturated carbocycles. The molecule has 0 atom stereocenters. The summed E-state index contributed by atoms with van der Waals surface area (Å²) in [6.45, 7) is 1.14. The number of rotatable bonds is 2. The summed E-state index contributed by atoms with van der Waals surface area (Å²) >= 11 is 0. The van der Waals surface area contributed by atoms with E-state index in [0.29, 0.717) is 0 Å². The van der Waals surface area contributed by atoms with Crippen LogP contribution < -0.4 is 4.90 Å². The Morgan fingerprint density at radius 3 is 2.86 bits per heavy atom. The zero-order chi connectivity index (χ0) is 14.2. The Morgan fingerprint density at radius 2 is 2.00 bits per heavy atom. The summed E-state index contributed by atoms with van der Waals surface area (Å²) < 4.78 is 0. The van der Waals surface area contributed by atoms with Crippen molar-refractivity contribution in [2.24, 2.45) is 0 Å². The summed E-state index contributed by atoms with van der Waals surface area (Å²) in [7, 11) is 2.17. The summed E-state index contributed by atoms with van der Waals surface area (Å²) in [6, 6.07) is 14.9. The number of aromatic amines is 1. The molecule has 1 aliphatic heterocycles. The Labute approximate surface area is 124 Å². The van der Waals surface area contributed by atoms with E-state index < -0.39 is 0 Å². The number of H-pyrrole nitrogens is 1. The van der Waals surface area contributed by atoms with E-state index >= 15 is 0 Å². The normalized spacial score (nSPS) is 14.4. The van der Waals surface area contributed by atoms with E-state index in [4.69, 9.17) is 4.98 Å². The van der Waals surface area contributed by atoms with Crippen molar-refractivity contribution in [3.05, 3.63) is 59.4 Å². The van der Waals surface area contributed by atoms with Crippen LogP contribution in [0.3, 0.4) is 0 Å². The molecule has 21 heavy (non-hydrogen) atoms. The fourth-order valence-electron chi connectivity index (χ4n) is 3.26. The minimum absolute atomic E-state index is 0.861. The van der Waals surface area contributed by atoms with Crippen LogP contribution in [0.1, 0.15) is 23.4 Å². The number of imidazole rings is 1. The lowest BCUT2D eigenvalue weighted by atomic mass is 10.0. The van der Waals surface area contributed by atoms with Gasteiger partial charge in [-0.15, -0.1) is 0 Å². The van der Waals surface area contributed by atoms with Gasteiger partial charge in [-0.3, -0.25) is 0 Å². The van der Waals surface area contributed by atoms with Gasteiger partial charge in [-0.1, -0.05) is 30.3 Å². The van der Waals surface area contributed by atoms with E-state index in [1.54, 1.807) is 0 Å².